The average molecular weight is 315 g/mol. The molecule has 4 nitrogen and oxygen atoms in total. The van der Waals surface area contributed by atoms with Crippen molar-refractivity contribution in [2.75, 3.05) is 21.3 Å². The summed E-state index contributed by atoms with van der Waals surface area (Å²) in [7, 11) is 4.66. The summed E-state index contributed by atoms with van der Waals surface area (Å²) in [6.45, 7) is 0. The molecular weight excluding hydrogens is 300 g/mol. The van der Waals surface area contributed by atoms with Crippen molar-refractivity contribution in [1.29, 1.82) is 0 Å². The molecule has 0 saturated heterocycles. The van der Waals surface area contributed by atoms with Crippen LogP contribution in [0.2, 0.25) is 5.02 Å². The number of rotatable bonds is 5. The van der Waals surface area contributed by atoms with Gasteiger partial charge in [0.25, 0.3) is 0 Å². The SMILES string of the molecule is COc1csc(C(O)c2cc(OC)c(OC)cc2Cl)c1. The predicted octanol–water partition coefficient (Wildman–Crippen LogP) is 3.51. The maximum absolute atomic E-state index is 10.4. The van der Waals surface area contributed by atoms with Crippen LogP contribution in [0.25, 0.3) is 0 Å². The van der Waals surface area contributed by atoms with Gasteiger partial charge >= 0.3 is 0 Å². The Morgan fingerprint density at radius 3 is 2.25 bits per heavy atom. The van der Waals surface area contributed by atoms with Crippen LogP contribution >= 0.6 is 22.9 Å². The summed E-state index contributed by atoms with van der Waals surface area (Å²) in [5.41, 5.74) is 0.564. The Bertz CT molecular complexity index is 597. The number of methoxy groups -OCH3 is 3. The Morgan fingerprint density at radius 2 is 1.70 bits per heavy atom. The Balaban J connectivity index is 2.40. The van der Waals surface area contributed by atoms with E-state index in [0.29, 0.717) is 27.8 Å². The van der Waals surface area contributed by atoms with E-state index in [1.807, 2.05) is 5.38 Å². The molecule has 1 aromatic heterocycles. The monoisotopic (exact) mass is 314 g/mol. The minimum atomic E-state index is -0.837. The number of thiophene rings is 1. The molecule has 1 aromatic carbocycles. The molecule has 0 bridgehead atoms. The molecule has 6 heteroatoms. The first-order valence-corrected chi connectivity index (χ1v) is 7.08. The number of hydrogen-bond acceptors (Lipinski definition) is 5. The van der Waals surface area contributed by atoms with Crippen molar-refractivity contribution in [3.8, 4) is 17.2 Å². The normalized spacial score (nSPS) is 12.1. The van der Waals surface area contributed by atoms with Gasteiger partial charge in [-0.15, -0.1) is 11.3 Å². The highest BCUT2D eigenvalue weighted by atomic mass is 35.5. The zero-order valence-corrected chi connectivity index (χ0v) is 12.9. The molecular formula is C14H15ClO4S. The molecule has 0 aliphatic heterocycles. The molecule has 1 unspecified atom stereocenters. The lowest BCUT2D eigenvalue weighted by Crippen LogP contribution is -2.00. The number of benzene rings is 1. The molecule has 0 amide bonds. The quantitative estimate of drug-likeness (QED) is 0.917. The van der Waals surface area contributed by atoms with E-state index in [0.717, 1.165) is 4.88 Å². The van der Waals surface area contributed by atoms with E-state index in [1.165, 1.54) is 25.6 Å². The minimum absolute atomic E-state index is 0.419. The number of aliphatic hydroxyl groups is 1. The van der Waals surface area contributed by atoms with Gasteiger partial charge in [-0.3, -0.25) is 0 Å². The second kappa shape index (κ2) is 6.35. The van der Waals surface area contributed by atoms with Crippen molar-refractivity contribution in [2.24, 2.45) is 0 Å². The summed E-state index contributed by atoms with van der Waals surface area (Å²) < 4.78 is 15.5. The van der Waals surface area contributed by atoms with Crippen LogP contribution in [0.5, 0.6) is 17.2 Å². The summed E-state index contributed by atoms with van der Waals surface area (Å²) in [5.74, 6) is 1.76. The van der Waals surface area contributed by atoms with Crippen molar-refractivity contribution < 1.29 is 19.3 Å². The van der Waals surface area contributed by atoms with Crippen LogP contribution < -0.4 is 14.2 Å². The van der Waals surface area contributed by atoms with Gasteiger partial charge in [0.1, 0.15) is 11.9 Å². The topological polar surface area (TPSA) is 47.9 Å². The van der Waals surface area contributed by atoms with E-state index < -0.39 is 6.10 Å². The molecule has 0 saturated carbocycles. The smallest absolute Gasteiger partial charge is 0.162 e. The van der Waals surface area contributed by atoms with Crippen molar-refractivity contribution in [2.45, 2.75) is 6.10 Å². The summed E-state index contributed by atoms with van der Waals surface area (Å²) in [6.07, 6.45) is -0.837. The fourth-order valence-electron chi connectivity index (χ4n) is 1.82. The molecule has 0 fully saturated rings. The van der Waals surface area contributed by atoms with Crippen molar-refractivity contribution >= 4 is 22.9 Å². The van der Waals surface area contributed by atoms with Gasteiger partial charge in [0.15, 0.2) is 11.5 Å². The third-order valence-corrected chi connectivity index (χ3v) is 4.19. The zero-order valence-electron chi connectivity index (χ0n) is 11.3. The standard InChI is InChI=1S/C14H15ClO4S/c1-17-8-4-13(20-7-8)14(16)9-5-11(18-2)12(19-3)6-10(9)15/h4-7,14,16H,1-3H3. The molecule has 108 valence electrons. The maximum atomic E-state index is 10.4. The van der Waals surface area contributed by atoms with Gasteiger partial charge in [0.2, 0.25) is 0 Å². The molecule has 1 heterocycles. The van der Waals surface area contributed by atoms with Gasteiger partial charge in [0.05, 0.1) is 26.4 Å². The van der Waals surface area contributed by atoms with Crippen LogP contribution in [0.15, 0.2) is 23.6 Å². The average Bonchev–Trinajstić information content (AvgIpc) is 2.95. The highest BCUT2D eigenvalue weighted by Gasteiger charge is 2.19. The number of aliphatic hydroxyl groups excluding tert-OH is 1. The number of ether oxygens (including phenoxy) is 3. The summed E-state index contributed by atoms with van der Waals surface area (Å²) >= 11 is 7.60. The second-order valence-electron chi connectivity index (χ2n) is 4.02. The van der Waals surface area contributed by atoms with Crippen LogP contribution in [0.3, 0.4) is 0 Å². The zero-order chi connectivity index (χ0) is 14.7. The first-order valence-electron chi connectivity index (χ1n) is 5.82. The lowest BCUT2D eigenvalue weighted by molar-refractivity contribution is 0.223. The van der Waals surface area contributed by atoms with Gasteiger partial charge in [-0.1, -0.05) is 11.6 Å². The third kappa shape index (κ3) is 2.85. The van der Waals surface area contributed by atoms with Gasteiger partial charge in [-0.2, -0.15) is 0 Å². The number of hydrogen-bond donors (Lipinski definition) is 1. The van der Waals surface area contributed by atoms with Crippen LogP contribution in [-0.2, 0) is 0 Å². The van der Waals surface area contributed by atoms with E-state index in [4.69, 9.17) is 25.8 Å². The Hall–Kier alpha value is -1.43. The van der Waals surface area contributed by atoms with E-state index in [-0.39, 0.29) is 0 Å². The van der Waals surface area contributed by atoms with Crippen molar-refractivity contribution in [3.63, 3.8) is 0 Å². The second-order valence-corrected chi connectivity index (χ2v) is 5.37. The largest absolute Gasteiger partial charge is 0.496 e. The summed E-state index contributed by atoms with van der Waals surface area (Å²) in [4.78, 5) is 0.746. The molecule has 0 radical (unpaired) electrons. The minimum Gasteiger partial charge on any atom is -0.496 e. The molecule has 0 aliphatic carbocycles. The highest BCUT2D eigenvalue weighted by Crippen LogP contribution is 2.39. The van der Waals surface area contributed by atoms with E-state index in [2.05, 4.69) is 0 Å². The third-order valence-electron chi connectivity index (χ3n) is 2.90. The van der Waals surface area contributed by atoms with E-state index >= 15 is 0 Å². The van der Waals surface area contributed by atoms with Crippen LogP contribution in [0.1, 0.15) is 16.5 Å². The Kier molecular flexibility index (Phi) is 4.75. The lowest BCUT2D eigenvalue weighted by atomic mass is 10.1. The first-order chi connectivity index (χ1) is 9.60. The molecule has 1 atom stereocenters. The maximum Gasteiger partial charge on any atom is 0.162 e. The first kappa shape index (κ1) is 15.0. The molecule has 20 heavy (non-hydrogen) atoms. The lowest BCUT2D eigenvalue weighted by Gasteiger charge is -2.15. The van der Waals surface area contributed by atoms with Crippen LogP contribution in [-0.4, -0.2) is 26.4 Å². The van der Waals surface area contributed by atoms with Gasteiger partial charge < -0.3 is 19.3 Å². The molecule has 2 rings (SSSR count). The molecule has 1 N–H and O–H groups in total. The van der Waals surface area contributed by atoms with Crippen LogP contribution in [0, 0.1) is 0 Å². The summed E-state index contributed by atoms with van der Waals surface area (Å²) in [5, 5.41) is 12.7. The van der Waals surface area contributed by atoms with Crippen LogP contribution in [0.4, 0.5) is 0 Å². The van der Waals surface area contributed by atoms with E-state index in [1.54, 1.807) is 25.3 Å². The molecule has 2 aromatic rings. The fraction of sp³-hybridized carbons (Fsp3) is 0.286. The highest BCUT2D eigenvalue weighted by molar-refractivity contribution is 7.10. The van der Waals surface area contributed by atoms with Gasteiger partial charge in [0, 0.05) is 21.9 Å². The summed E-state index contributed by atoms with van der Waals surface area (Å²) in [6, 6.07) is 5.09. The van der Waals surface area contributed by atoms with Gasteiger partial charge in [-0.25, -0.2) is 0 Å². The Labute approximate surface area is 126 Å². The van der Waals surface area contributed by atoms with Crippen molar-refractivity contribution in [3.05, 3.63) is 39.0 Å². The molecule has 0 spiro atoms. The van der Waals surface area contributed by atoms with Gasteiger partial charge in [-0.05, 0) is 12.1 Å². The molecule has 0 aliphatic rings. The predicted molar refractivity (Wildman–Crippen MR) is 79.5 cm³/mol. The number of halogens is 1. The van der Waals surface area contributed by atoms with Crippen molar-refractivity contribution in [1.82, 2.24) is 0 Å². The fourth-order valence-corrected chi connectivity index (χ4v) is 2.93. The van der Waals surface area contributed by atoms with E-state index in [9.17, 15) is 5.11 Å². The Morgan fingerprint density at radius 1 is 1.05 bits per heavy atom.